The number of H-pyrrole nitrogens is 2. The average Bonchev–Trinajstić information content (AvgIpc) is 3.49. The zero-order valence-corrected chi connectivity index (χ0v) is 18.1. The lowest BCUT2D eigenvalue weighted by atomic mass is 9.98. The van der Waals surface area contributed by atoms with Gasteiger partial charge in [-0.3, -0.25) is 19.8 Å². The third-order valence-electron chi connectivity index (χ3n) is 6.22. The summed E-state index contributed by atoms with van der Waals surface area (Å²) in [6.07, 6.45) is 9.15. The Bertz CT molecular complexity index is 1180. The van der Waals surface area contributed by atoms with Crippen molar-refractivity contribution >= 4 is 22.5 Å². The molecule has 1 aliphatic heterocycles. The van der Waals surface area contributed by atoms with E-state index in [1.165, 1.54) is 0 Å². The number of nitrogens with zero attached hydrogens (tertiary/aromatic N) is 4. The number of carbonyl (C=O) groups is 1. The maximum Gasteiger partial charge on any atom is 0.233 e. The number of aromatic amines is 2. The third-order valence-corrected chi connectivity index (χ3v) is 6.22. The first-order valence-electron chi connectivity index (χ1n) is 10.9. The molecule has 3 aromatic heterocycles. The molecule has 8 heteroatoms. The van der Waals surface area contributed by atoms with Crippen molar-refractivity contribution in [3.63, 3.8) is 0 Å². The summed E-state index contributed by atoms with van der Waals surface area (Å²) in [5.41, 5.74) is 4.66. The number of hydrogen-bond donors (Lipinski definition) is 3. The molecular formula is C24H27N7O. The van der Waals surface area contributed by atoms with E-state index in [1.54, 1.807) is 18.6 Å². The molecule has 1 fully saturated rings. The van der Waals surface area contributed by atoms with Crippen molar-refractivity contribution < 1.29 is 4.79 Å². The van der Waals surface area contributed by atoms with Gasteiger partial charge in [0.2, 0.25) is 5.91 Å². The summed E-state index contributed by atoms with van der Waals surface area (Å²) < 4.78 is 0. The van der Waals surface area contributed by atoms with Crippen molar-refractivity contribution in [1.82, 2.24) is 30.0 Å². The summed E-state index contributed by atoms with van der Waals surface area (Å²) in [6.45, 7) is 4.62. The van der Waals surface area contributed by atoms with E-state index in [2.05, 4.69) is 42.3 Å². The van der Waals surface area contributed by atoms with E-state index in [9.17, 15) is 4.79 Å². The first-order valence-corrected chi connectivity index (χ1v) is 10.9. The molecular weight excluding hydrogens is 402 g/mol. The van der Waals surface area contributed by atoms with E-state index in [4.69, 9.17) is 0 Å². The summed E-state index contributed by atoms with van der Waals surface area (Å²) in [4.78, 5) is 25.8. The number of benzene rings is 1. The fraction of sp³-hybridized carbons (Fsp3) is 0.292. The van der Waals surface area contributed by atoms with Crippen LogP contribution < -0.4 is 5.32 Å². The summed E-state index contributed by atoms with van der Waals surface area (Å²) in [5.74, 6) is -0.324. The quantitative estimate of drug-likeness (QED) is 0.438. The van der Waals surface area contributed by atoms with Gasteiger partial charge in [-0.2, -0.15) is 5.10 Å². The molecule has 32 heavy (non-hydrogen) atoms. The summed E-state index contributed by atoms with van der Waals surface area (Å²) in [5, 5.41) is 11.1. The van der Waals surface area contributed by atoms with E-state index in [1.807, 2.05) is 42.7 Å². The fourth-order valence-electron chi connectivity index (χ4n) is 4.33. The van der Waals surface area contributed by atoms with Gasteiger partial charge in [0, 0.05) is 74.0 Å². The Morgan fingerprint density at radius 3 is 2.75 bits per heavy atom. The predicted octanol–water partition coefficient (Wildman–Crippen LogP) is 2.92. The molecule has 4 aromatic rings. The maximum absolute atomic E-state index is 13.5. The number of hydrogen-bond acceptors (Lipinski definition) is 5. The second kappa shape index (κ2) is 8.94. The van der Waals surface area contributed by atoms with Gasteiger partial charge >= 0.3 is 0 Å². The van der Waals surface area contributed by atoms with Gasteiger partial charge in [0.05, 0.1) is 23.3 Å². The molecule has 0 bridgehead atoms. The second-order valence-electron chi connectivity index (χ2n) is 8.35. The normalized spacial score (nSPS) is 16.3. The zero-order chi connectivity index (χ0) is 21.9. The average molecular weight is 430 g/mol. The highest BCUT2D eigenvalue weighted by Gasteiger charge is 2.26. The van der Waals surface area contributed by atoms with Crippen molar-refractivity contribution in [1.29, 1.82) is 0 Å². The van der Waals surface area contributed by atoms with Gasteiger partial charge in [0.15, 0.2) is 0 Å². The minimum atomic E-state index is -0.300. The van der Waals surface area contributed by atoms with E-state index >= 15 is 0 Å². The lowest BCUT2D eigenvalue weighted by molar-refractivity contribution is -0.118. The Balaban J connectivity index is 1.41. The molecule has 1 amide bonds. The van der Waals surface area contributed by atoms with Crippen LogP contribution in [0.25, 0.3) is 22.0 Å². The highest BCUT2D eigenvalue weighted by Crippen LogP contribution is 2.32. The number of amides is 1. The Hall–Kier alpha value is -3.49. The van der Waals surface area contributed by atoms with Crippen LogP contribution >= 0.6 is 0 Å². The van der Waals surface area contributed by atoms with Gasteiger partial charge in [-0.05, 0) is 24.7 Å². The van der Waals surface area contributed by atoms with E-state index in [-0.39, 0.29) is 11.8 Å². The zero-order valence-electron chi connectivity index (χ0n) is 18.1. The molecule has 0 saturated carbocycles. The van der Waals surface area contributed by atoms with Crippen LogP contribution in [0.15, 0.2) is 61.3 Å². The Morgan fingerprint density at radius 2 is 2.00 bits per heavy atom. The maximum atomic E-state index is 13.5. The van der Waals surface area contributed by atoms with Gasteiger partial charge in [-0.15, -0.1) is 0 Å². The van der Waals surface area contributed by atoms with Crippen LogP contribution in [0.5, 0.6) is 0 Å². The number of anilines is 1. The molecule has 1 aromatic carbocycles. The molecule has 0 radical (unpaired) electrons. The van der Waals surface area contributed by atoms with Crippen LogP contribution in [-0.4, -0.2) is 75.6 Å². The topological polar surface area (TPSA) is 92.9 Å². The SMILES string of the molecule is CN1CCN(CC(C(=O)Nc2cccc3c(-c4cn[nH]c4)c[nH]c23)c2cccnc2)CC1. The molecule has 0 spiro atoms. The number of nitrogens with one attached hydrogen (secondary N) is 3. The van der Waals surface area contributed by atoms with Gasteiger partial charge in [0.25, 0.3) is 0 Å². The first-order chi connectivity index (χ1) is 15.7. The Morgan fingerprint density at radius 1 is 1.12 bits per heavy atom. The smallest absolute Gasteiger partial charge is 0.233 e. The molecule has 8 nitrogen and oxygen atoms in total. The Kier molecular flexibility index (Phi) is 5.70. The number of fused-ring (bicyclic) bond motifs is 1. The minimum absolute atomic E-state index is 0.0242. The van der Waals surface area contributed by atoms with Crippen LogP contribution in [0.3, 0.4) is 0 Å². The van der Waals surface area contributed by atoms with E-state index < -0.39 is 0 Å². The first kappa shape index (κ1) is 20.4. The van der Waals surface area contributed by atoms with Crippen molar-refractivity contribution in [3.05, 3.63) is 66.9 Å². The van der Waals surface area contributed by atoms with Crippen molar-refractivity contribution in [3.8, 4) is 11.1 Å². The third kappa shape index (κ3) is 4.15. The number of aromatic nitrogens is 4. The summed E-state index contributed by atoms with van der Waals surface area (Å²) >= 11 is 0. The number of pyridine rings is 1. The summed E-state index contributed by atoms with van der Waals surface area (Å²) in [6, 6.07) is 9.83. The molecule has 3 N–H and O–H groups in total. The predicted molar refractivity (Wildman–Crippen MR) is 125 cm³/mol. The Labute approximate surface area is 186 Å². The van der Waals surface area contributed by atoms with Crippen molar-refractivity contribution in [2.45, 2.75) is 5.92 Å². The van der Waals surface area contributed by atoms with Crippen molar-refractivity contribution in [2.24, 2.45) is 0 Å². The molecule has 164 valence electrons. The molecule has 1 atom stereocenters. The standard InChI is InChI=1S/C24H27N7O/c1-30-8-10-31(11-9-30)16-21(17-4-3-7-25-12-17)24(32)29-22-6-2-5-19-20(15-26-23(19)22)18-13-27-28-14-18/h2-7,12-15,21,26H,8-11,16H2,1H3,(H,27,28)(H,29,32). The number of rotatable bonds is 6. The van der Waals surface area contributed by atoms with Crippen LogP contribution in [0.1, 0.15) is 11.5 Å². The van der Waals surface area contributed by atoms with Crippen molar-refractivity contribution in [2.75, 3.05) is 45.1 Å². The molecule has 4 heterocycles. The molecule has 1 unspecified atom stereocenters. The monoisotopic (exact) mass is 429 g/mol. The highest BCUT2D eigenvalue weighted by atomic mass is 16.1. The molecule has 5 rings (SSSR count). The van der Waals surface area contributed by atoms with E-state index in [0.717, 1.165) is 59.5 Å². The lowest BCUT2D eigenvalue weighted by Crippen LogP contribution is -2.47. The van der Waals surface area contributed by atoms with Gasteiger partial charge in [-0.1, -0.05) is 18.2 Å². The number of carbonyl (C=O) groups excluding carboxylic acids is 1. The molecule has 1 aliphatic rings. The van der Waals surface area contributed by atoms with Crippen LogP contribution in [0, 0.1) is 0 Å². The second-order valence-corrected chi connectivity index (χ2v) is 8.35. The molecule has 0 aliphatic carbocycles. The highest BCUT2D eigenvalue weighted by molar-refractivity contribution is 6.07. The van der Waals surface area contributed by atoms with E-state index in [0.29, 0.717) is 6.54 Å². The fourth-order valence-corrected chi connectivity index (χ4v) is 4.33. The van der Waals surface area contributed by atoms with Gasteiger partial charge in [0.1, 0.15) is 0 Å². The van der Waals surface area contributed by atoms with Gasteiger partial charge < -0.3 is 15.2 Å². The summed E-state index contributed by atoms with van der Waals surface area (Å²) in [7, 11) is 2.14. The largest absolute Gasteiger partial charge is 0.359 e. The van der Waals surface area contributed by atoms with Crippen LogP contribution in [-0.2, 0) is 4.79 Å². The lowest BCUT2D eigenvalue weighted by Gasteiger charge is -2.34. The number of likely N-dealkylation sites (N-methyl/N-ethyl adjacent to an activating group) is 1. The minimum Gasteiger partial charge on any atom is -0.359 e. The van der Waals surface area contributed by atoms with Crippen LogP contribution in [0.4, 0.5) is 5.69 Å². The number of piperazine rings is 1. The van der Waals surface area contributed by atoms with Crippen LogP contribution in [0.2, 0.25) is 0 Å². The van der Waals surface area contributed by atoms with Gasteiger partial charge in [-0.25, -0.2) is 0 Å². The number of para-hydroxylation sites is 1. The molecule has 1 saturated heterocycles.